The average Bonchev–Trinajstić information content (AvgIpc) is 2.25. The molecule has 0 radical (unpaired) electrons. The van der Waals surface area contributed by atoms with Crippen molar-refractivity contribution in [1.29, 1.82) is 0 Å². The first-order valence-corrected chi connectivity index (χ1v) is 5.60. The zero-order valence-electron chi connectivity index (χ0n) is 8.78. The van der Waals surface area contributed by atoms with Gasteiger partial charge in [-0.15, -0.1) is 0 Å². The Balaban J connectivity index is 2.31. The van der Waals surface area contributed by atoms with Gasteiger partial charge in [0.25, 0.3) is 0 Å². The van der Waals surface area contributed by atoms with Crippen LogP contribution >= 0.6 is 23.2 Å². The number of ether oxygens (including phenoxy) is 1. The molecule has 0 spiro atoms. The van der Waals surface area contributed by atoms with Crippen LogP contribution in [-0.2, 0) is 0 Å². The van der Waals surface area contributed by atoms with Gasteiger partial charge in [0.05, 0.1) is 11.4 Å². The highest BCUT2D eigenvalue weighted by atomic mass is 35.5. The first kappa shape index (κ1) is 11.9. The van der Waals surface area contributed by atoms with Crippen molar-refractivity contribution >= 4 is 34.6 Å². The highest BCUT2D eigenvalue weighted by Gasteiger charge is 2.06. The fourth-order valence-electron chi connectivity index (χ4n) is 1.34. The molecule has 0 aromatic heterocycles. The van der Waals surface area contributed by atoms with Crippen LogP contribution < -0.4 is 16.2 Å². The van der Waals surface area contributed by atoms with E-state index in [1.807, 2.05) is 0 Å². The second kappa shape index (κ2) is 4.73. The topological polar surface area (TPSA) is 61.3 Å². The van der Waals surface area contributed by atoms with E-state index >= 15 is 0 Å². The van der Waals surface area contributed by atoms with Crippen molar-refractivity contribution in [1.82, 2.24) is 0 Å². The molecule has 0 unspecified atom stereocenters. The van der Waals surface area contributed by atoms with Gasteiger partial charge in [0, 0.05) is 10.0 Å². The molecule has 0 atom stereocenters. The maximum Gasteiger partial charge on any atom is 0.150 e. The third kappa shape index (κ3) is 2.75. The zero-order valence-corrected chi connectivity index (χ0v) is 10.3. The number of rotatable bonds is 2. The van der Waals surface area contributed by atoms with Gasteiger partial charge in [0.2, 0.25) is 0 Å². The smallest absolute Gasteiger partial charge is 0.150 e. The quantitative estimate of drug-likeness (QED) is 0.811. The molecule has 0 saturated heterocycles. The Morgan fingerprint density at radius 2 is 1.18 bits per heavy atom. The number of nitrogen functional groups attached to an aromatic ring is 2. The van der Waals surface area contributed by atoms with Gasteiger partial charge in [-0.3, -0.25) is 0 Å². The Morgan fingerprint density at radius 1 is 0.765 bits per heavy atom. The Morgan fingerprint density at radius 3 is 1.53 bits per heavy atom. The van der Waals surface area contributed by atoms with Gasteiger partial charge >= 0.3 is 0 Å². The predicted molar refractivity (Wildman–Crippen MR) is 71.8 cm³/mol. The lowest BCUT2D eigenvalue weighted by molar-refractivity contribution is 0.487. The van der Waals surface area contributed by atoms with E-state index in [0.717, 1.165) is 0 Å². The van der Waals surface area contributed by atoms with Crippen LogP contribution in [0.4, 0.5) is 11.4 Å². The highest BCUT2D eigenvalue weighted by Crippen LogP contribution is 2.33. The molecule has 2 aromatic rings. The van der Waals surface area contributed by atoms with Crippen LogP contribution in [0.1, 0.15) is 0 Å². The number of anilines is 2. The maximum absolute atomic E-state index is 5.79. The van der Waals surface area contributed by atoms with E-state index in [0.29, 0.717) is 32.9 Å². The minimum atomic E-state index is 0.451. The summed E-state index contributed by atoms with van der Waals surface area (Å²) in [6, 6.07) is 9.99. The number of benzene rings is 2. The minimum absolute atomic E-state index is 0.451. The normalized spacial score (nSPS) is 10.2. The molecule has 0 fully saturated rings. The van der Waals surface area contributed by atoms with Crippen LogP contribution in [0.2, 0.25) is 10.0 Å². The lowest BCUT2D eigenvalue weighted by Crippen LogP contribution is -1.95. The number of nitrogens with two attached hydrogens (primary N) is 2. The molecule has 0 saturated carbocycles. The van der Waals surface area contributed by atoms with E-state index in [1.165, 1.54) is 0 Å². The molecule has 0 aliphatic carbocycles. The summed E-state index contributed by atoms with van der Waals surface area (Å²) in [5.74, 6) is 1.01. The summed E-state index contributed by atoms with van der Waals surface area (Å²) in [5, 5.41) is 1.11. The molecule has 2 aromatic carbocycles. The molecule has 2 rings (SSSR count). The predicted octanol–water partition coefficient (Wildman–Crippen LogP) is 3.95. The van der Waals surface area contributed by atoms with Gasteiger partial charge in [0.1, 0.15) is 0 Å². The van der Waals surface area contributed by atoms with Crippen LogP contribution in [0.25, 0.3) is 0 Å². The second-order valence-electron chi connectivity index (χ2n) is 3.47. The Bertz CT molecular complexity index is 509. The van der Waals surface area contributed by atoms with Crippen molar-refractivity contribution in [3.63, 3.8) is 0 Å². The molecule has 4 N–H and O–H groups in total. The number of hydrogen-bond acceptors (Lipinski definition) is 3. The summed E-state index contributed by atoms with van der Waals surface area (Å²) in [5.41, 5.74) is 12.4. The van der Waals surface area contributed by atoms with E-state index in [9.17, 15) is 0 Å². The lowest BCUT2D eigenvalue weighted by atomic mass is 10.2. The van der Waals surface area contributed by atoms with E-state index in [4.69, 9.17) is 39.4 Å². The van der Waals surface area contributed by atoms with Crippen LogP contribution in [0.3, 0.4) is 0 Å². The van der Waals surface area contributed by atoms with Crippen LogP contribution in [0.15, 0.2) is 36.4 Å². The monoisotopic (exact) mass is 268 g/mol. The van der Waals surface area contributed by atoms with Gasteiger partial charge in [-0.25, -0.2) is 0 Å². The SMILES string of the molecule is Nc1cc(Cl)ccc1Oc1ccc(Cl)cc1N. The van der Waals surface area contributed by atoms with Crippen LogP contribution in [0.5, 0.6) is 11.5 Å². The standard InChI is InChI=1S/C12H10Cl2N2O/c13-7-1-3-11(9(15)5-7)17-12-4-2-8(14)6-10(12)16/h1-6H,15-16H2. The third-order valence-corrected chi connectivity index (χ3v) is 2.63. The summed E-state index contributed by atoms with van der Waals surface area (Å²) >= 11 is 11.6. The molecule has 3 nitrogen and oxygen atoms in total. The van der Waals surface area contributed by atoms with Crippen LogP contribution in [-0.4, -0.2) is 0 Å². The zero-order chi connectivity index (χ0) is 12.4. The van der Waals surface area contributed by atoms with Gasteiger partial charge in [-0.2, -0.15) is 0 Å². The number of hydrogen-bond donors (Lipinski definition) is 2. The van der Waals surface area contributed by atoms with Crippen molar-refractivity contribution in [3.8, 4) is 11.5 Å². The van der Waals surface area contributed by atoms with Crippen molar-refractivity contribution in [3.05, 3.63) is 46.4 Å². The Kier molecular flexibility index (Phi) is 3.31. The van der Waals surface area contributed by atoms with Gasteiger partial charge in [-0.05, 0) is 36.4 Å². The van der Waals surface area contributed by atoms with E-state index in [2.05, 4.69) is 0 Å². The Labute approximate surface area is 109 Å². The van der Waals surface area contributed by atoms with Gasteiger partial charge < -0.3 is 16.2 Å². The lowest BCUT2D eigenvalue weighted by Gasteiger charge is -2.10. The molecule has 5 heteroatoms. The fourth-order valence-corrected chi connectivity index (χ4v) is 1.70. The molecular formula is C12H10Cl2N2O. The maximum atomic E-state index is 5.79. The number of halogens is 2. The summed E-state index contributed by atoms with van der Waals surface area (Å²) in [7, 11) is 0. The average molecular weight is 269 g/mol. The van der Waals surface area contributed by atoms with Crippen molar-refractivity contribution in [2.75, 3.05) is 11.5 Å². The molecule has 0 aliphatic rings. The summed E-state index contributed by atoms with van der Waals surface area (Å²) in [6.07, 6.45) is 0. The molecular weight excluding hydrogens is 259 g/mol. The minimum Gasteiger partial charge on any atom is -0.453 e. The molecule has 0 aliphatic heterocycles. The van der Waals surface area contributed by atoms with Gasteiger partial charge in [0.15, 0.2) is 11.5 Å². The van der Waals surface area contributed by atoms with E-state index < -0.39 is 0 Å². The third-order valence-electron chi connectivity index (χ3n) is 2.16. The summed E-state index contributed by atoms with van der Waals surface area (Å²) < 4.78 is 5.58. The first-order valence-electron chi connectivity index (χ1n) is 4.84. The van der Waals surface area contributed by atoms with Crippen molar-refractivity contribution < 1.29 is 4.74 Å². The summed E-state index contributed by atoms with van der Waals surface area (Å²) in [6.45, 7) is 0. The first-order chi connectivity index (χ1) is 8.06. The van der Waals surface area contributed by atoms with Crippen molar-refractivity contribution in [2.24, 2.45) is 0 Å². The van der Waals surface area contributed by atoms with E-state index in [1.54, 1.807) is 36.4 Å². The molecule has 0 heterocycles. The van der Waals surface area contributed by atoms with E-state index in [-0.39, 0.29) is 0 Å². The molecule has 0 amide bonds. The molecule has 17 heavy (non-hydrogen) atoms. The highest BCUT2D eigenvalue weighted by molar-refractivity contribution is 6.31. The second-order valence-corrected chi connectivity index (χ2v) is 4.34. The largest absolute Gasteiger partial charge is 0.453 e. The van der Waals surface area contributed by atoms with Crippen molar-refractivity contribution in [2.45, 2.75) is 0 Å². The Hall–Kier alpha value is -1.58. The fraction of sp³-hybridized carbons (Fsp3) is 0. The van der Waals surface area contributed by atoms with Gasteiger partial charge in [-0.1, -0.05) is 23.2 Å². The van der Waals surface area contributed by atoms with Crippen LogP contribution in [0, 0.1) is 0 Å². The summed E-state index contributed by atoms with van der Waals surface area (Å²) in [4.78, 5) is 0. The molecule has 0 bridgehead atoms. The molecule has 88 valence electrons.